The second-order valence-corrected chi connectivity index (χ2v) is 4.26. The summed E-state index contributed by atoms with van der Waals surface area (Å²) in [5.41, 5.74) is -0.426. The highest BCUT2D eigenvalue weighted by Gasteiger charge is 2.29. The lowest BCUT2D eigenvalue weighted by molar-refractivity contribution is -0.127. The third-order valence-corrected chi connectivity index (χ3v) is 2.63. The van der Waals surface area contributed by atoms with Gasteiger partial charge in [0.1, 0.15) is 0 Å². The van der Waals surface area contributed by atoms with Crippen molar-refractivity contribution < 1.29 is 4.79 Å². The molecule has 0 atom stereocenters. The van der Waals surface area contributed by atoms with E-state index in [4.69, 9.17) is 0 Å². The van der Waals surface area contributed by atoms with Gasteiger partial charge in [0.05, 0.1) is 5.54 Å². The van der Waals surface area contributed by atoms with E-state index in [-0.39, 0.29) is 5.91 Å². The Bertz CT molecular complexity index is 185. The van der Waals surface area contributed by atoms with Gasteiger partial charge in [-0.2, -0.15) is 0 Å². The molecule has 76 valence electrons. The molecule has 3 heteroatoms. The Labute approximate surface area is 80.3 Å². The molecule has 0 spiro atoms. The third kappa shape index (κ3) is 2.69. The van der Waals surface area contributed by atoms with Gasteiger partial charge < -0.3 is 10.6 Å². The Hall–Kier alpha value is -0.570. The highest BCUT2D eigenvalue weighted by atomic mass is 16.2. The summed E-state index contributed by atoms with van der Waals surface area (Å²) in [7, 11) is 0. The molecule has 0 aliphatic heterocycles. The predicted molar refractivity (Wildman–Crippen MR) is 53.5 cm³/mol. The van der Waals surface area contributed by atoms with Gasteiger partial charge in [0.2, 0.25) is 5.91 Å². The molecule has 0 bridgehead atoms. The van der Waals surface area contributed by atoms with E-state index < -0.39 is 5.54 Å². The molecule has 2 N–H and O–H groups in total. The second kappa shape index (κ2) is 4.09. The zero-order valence-electron chi connectivity index (χ0n) is 8.81. The van der Waals surface area contributed by atoms with Crippen LogP contribution in [0.5, 0.6) is 0 Å². The topological polar surface area (TPSA) is 41.1 Å². The summed E-state index contributed by atoms with van der Waals surface area (Å²) < 4.78 is 0. The van der Waals surface area contributed by atoms with Crippen LogP contribution in [0.15, 0.2) is 0 Å². The van der Waals surface area contributed by atoms with Crippen molar-refractivity contribution in [3.05, 3.63) is 0 Å². The van der Waals surface area contributed by atoms with Gasteiger partial charge in [0.25, 0.3) is 0 Å². The first kappa shape index (κ1) is 10.5. The van der Waals surface area contributed by atoms with Crippen molar-refractivity contribution in [1.82, 2.24) is 10.6 Å². The lowest BCUT2D eigenvalue weighted by Gasteiger charge is -2.32. The van der Waals surface area contributed by atoms with E-state index in [1.54, 1.807) is 0 Å². The Morgan fingerprint density at radius 3 is 2.46 bits per heavy atom. The van der Waals surface area contributed by atoms with Crippen LogP contribution < -0.4 is 10.6 Å². The predicted octanol–water partition coefficient (Wildman–Crippen LogP) is 1.04. The van der Waals surface area contributed by atoms with Crippen LogP contribution in [0.3, 0.4) is 0 Å². The molecule has 1 rings (SSSR count). The van der Waals surface area contributed by atoms with Crippen LogP contribution in [-0.2, 0) is 4.79 Å². The minimum atomic E-state index is -0.426. The minimum Gasteiger partial charge on any atom is -0.352 e. The molecule has 1 aliphatic carbocycles. The molecular formula is C10H20N2O. The third-order valence-electron chi connectivity index (χ3n) is 2.63. The van der Waals surface area contributed by atoms with Crippen LogP contribution in [0.1, 0.15) is 40.0 Å². The fraction of sp³-hybridized carbons (Fsp3) is 0.900. The lowest BCUT2D eigenvalue weighted by Crippen LogP contribution is -2.55. The maximum atomic E-state index is 11.7. The molecule has 0 unspecified atom stereocenters. The van der Waals surface area contributed by atoms with Crippen LogP contribution in [0, 0.1) is 0 Å². The van der Waals surface area contributed by atoms with Crippen molar-refractivity contribution in [2.24, 2.45) is 0 Å². The molecule has 0 saturated heterocycles. The van der Waals surface area contributed by atoms with E-state index in [0.29, 0.717) is 6.04 Å². The number of amides is 1. The maximum Gasteiger partial charge on any atom is 0.239 e. The van der Waals surface area contributed by atoms with E-state index in [9.17, 15) is 4.79 Å². The van der Waals surface area contributed by atoms with Gasteiger partial charge in [-0.25, -0.2) is 0 Å². The van der Waals surface area contributed by atoms with Crippen LogP contribution in [-0.4, -0.2) is 24.0 Å². The van der Waals surface area contributed by atoms with E-state index >= 15 is 0 Å². The Morgan fingerprint density at radius 2 is 2.08 bits per heavy atom. The smallest absolute Gasteiger partial charge is 0.239 e. The van der Waals surface area contributed by atoms with Crippen molar-refractivity contribution in [1.29, 1.82) is 0 Å². The molecule has 13 heavy (non-hydrogen) atoms. The van der Waals surface area contributed by atoms with Gasteiger partial charge in [-0.15, -0.1) is 0 Å². The first-order valence-corrected chi connectivity index (χ1v) is 5.12. The number of rotatable bonds is 4. The molecule has 0 aromatic carbocycles. The standard InChI is InChI=1S/C10H20N2O/c1-4-11-10(2,3)9(13)12-8-6-5-7-8/h8,11H,4-7H2,1-3H3,(H,12,13). The average Bonchev–Trinajstić information content (AvgIpc) is 1.96. The first-order valence-electron chi connectivity index (χ1n) is 5.12. The lowest BCUT2D eigenvalue weighted by atomic mass is 9.92. The fourth-order valence-corrected chi connectivity index (χ4v) is 1.44. The molecule has 0 radical (unpaired) electrons. The van der Waals surface area contributed by atoms with Crippen molar-refractivity contribution in [3.8, 4) is 0 Å². The number of carbonyl (C=O) groups excluding carboxylic acids is 1. The number of carbonyl (C=O) groups is 1. The van der Waals surface area contributed by atoms with Gasteiger partial charge in [-0.1, -0.05) is 6.92 Å². The van der Waals surface area contributed by atoms with Crippen LogP contribution >= 0.6 is 0 Å². The van der Waals surface area contributed by atoms with Gasteiger partial charge >= 0.3 is 0 Å². The Morgan fingerprint density at radius 1 is 1.46 bits per heavy atom. The number of hydrogen-bond donors (Lipinski definition) is 2. The van der Waals surface area contributed by atoms with Gasteiger partial charge in [-0.3, -0.25) is 4.79 Å². The second-order valence-electron chi connectivity index (χ2n) is 4.26. The van der Waals surface area contributed by atoms with E-state index in [1.165, 1.54) is 6.42 Å². The summed E-state index contributed by atoms with van der Waals surface area (Å²) in [4.78, 5) is 11.7. The fourth-order valence-electron chi connectivity index (χ4n) is 1.44. The zero-order valence-corrected chi connectivity index (χ0v) is 8.81. The summed E-state index contributed by atoms with van der Waals surface area (Å²) in [5.74, 6) is 0.124. The molecule has 0 heterocycles. The van der Waals surface area contributed by atoms with Crippen molar-refractivity contribution in [2.75, 3.05) is 6.54 Å². The number of likely N-dealkylation sites (N-methyl/N-ethyl adjacent to an activating group) is 1. The highest BCUT2D eigenvalue weighted by Crippen LogP contribution is 2.18. The zero-order chi connectivity index (χ0) is 9.90. The normalized spacial score (nSPS) is 18.1. The first-order chi connectivity index (χ1) is 6.06. The average molecular weight is 184 g/mol. The van der Waals surface area contributed by atoms with Gasteiger partial charge in [0.15, 0.2) is 0 Å². The molecule has 0 aromatic heterocycles. The molecule has 1 amide bonds. The molecule has 1 aliphatic rings. The van der Waals surface area contributed by atoms with Crippen LogP contribution in [0.4, 0.5) is 0 Å². The highest BCUT2D eigenvalue weighted by molar-refractivity contribution is 5.85. The molecule has 1 saturated carbocycles. The van der Waals surface area contributed by atoms with Crippen molar-refractivity contribution in [2.45, 2.75) is 51.6 Å². The van der Waals surface area contributed by atoms with Crippen molar-refractivity contribution in [3.63, 3.8) is 0 Å². The number of nitrogens with one attached hydrogen (secondary N) is 2. The SMILES string of the molecule is CCNC(C)(C)C(=O)NC1CCC1. The monoisotopic (exact) mass is 184 g/mol. The summed E-state index contributed by atoms with van der Waals surface area (Å²) in [6.07, 6.45) is 3.55. The quantitative estimate of drug-likeness (QED) is 0.685. The minimum absolute atomic E-state index is 0.124. The molecular weight excluding hydrogens is 164 g/mol. The summed E-state index contributed by atoms with van der Waals surface area (Å²) >= 11 is 0. The van der Waals surface area contributed by atoms with E-state index in [0.717, 1.165) is 19.4 Å². The van der Waals surface area contributed by atoms with Gasteiger partial charge in [0, 0.05) is 6.04 Å². The van der Waals surface area contributed by atoms with E-state index in [2.05, 4.69) is 10.6 Å². The maximum absolute atomic E-state index is 11.7. The number of hydrogen-bond acceptors (Lipinski definition) is 2. The van der Waals surface area contributed by atoms with Gasteiger partial charge in [-0.05, 0) is 39.7 Å². The van der Waals surface area contributed by atoms with Crippen LogP contribution in [0.25, 0.3) is 0 Å². The van der Waals surface area contributed by atoms with E-state index in [1.807, 2.05) is 20.8 Å². The Kier molecular flexibility index (Phi) is 3.31. The summed E-state index contributed by atoms with van der Waals surface area (Å²) in [6, 6.07) is 0.436. The Balaban J connectivity index is 2.35. The molecule has 3 nitrogen and oxygen atoms in total. The van der Waals surface area contributed by atoms with Crippen LogP contribution in [0.2, 0.25) is 0 Å². The summed E-state index contributed by atoms with van der Waals surface area (Å²) in [6.45, 7) is 6.68. The molecule has 0 aromatic rings. The summed E-state index contributed by atoms with van der Waals surface area (Å²) in [5, 5.41) is 6.20. The van der Waals surface area contributed by atoms with Crippen molar-refractivity contribution >= 4 is 5.91 Å². The largest absolute Gasteiger partial charge is 0.352 e. The molecule has 1 fully saturated rings.